The van der Waals surface area contributed by atoms with Crippen molar-refractivity contribution in [2.75, 3.05) is 0 Å². The lowest BCUT2D eigenvalue weighted by Crippen LogP contribution is -3.00. The number of hydrazine groups is 1. The summed E-state index contributed by atoms with van der Waals surface area (Å²) in [5.74, 6) is 1.91. The van der Waals surface area contributed by atoms with E-state index in [9.17, 15) is 9.59 Å². The van der Waals surface area contributed by atoms with Crippen LogP contribution in [0.25, 0.3) is 0 Å². The molecule has 0 aromatic carbocycles. The van der Waals surface area contributed by atoms with Gasteiger partial charge in [-0.1, -0.05) is 0 Å². The predicted octanol–water partition coefficient (Wildman–Crippen LogP) is -1.51. The van der Waals surface area contributed by atoms with Crippen molar-refractivity contribution < 1.29 is 26.6 Å². The van der Waals surface area contributed by atoms with Gasteiger partial charge in [-0.15, -0.1) is 0 Å². The van der Waals surface area contributed by atoms with Gasteiger partial charge in [0, 0.05) is 6.07 Å². The van der Waals surface area contributed by atoms with Crippen LogP contribution in [0.4, 0.5) is 0 Å². The molecule has 24 heavy (non-hydrogen) atoms. The average molecular weight is 350 g/mol. The Morgan fingerprint density at radius 3 is 2.21 bits per heavy atom. The maximum absolute atomic E-state index is 12.8. The fourth-order valence-corrected chi connectivity index (χ4v) is 5.43. The highest BCUT2D eigenvalue weighted by Crippen LogP contribution is 2.59. The average Bonchev–Trinajstić information content (AvgIpc) is 2.51. The van der Waals surface area contributed by atoms with Crippen molar-refractivity contribution in [3.8, 4) is 0 Å². The molecule has 1 aromatic heterocycles. The lowest BCUT2D eigenvalue weighted by molar-refractivity contribution is -0.671. The molecule has 4 aliphatic carbocycles. The monoisotopic (exact) mass is 349 g/mol. The molecule has 4 bridgehead atoms. The van der Waals surface area contributed by atoms with Crippen molar-refractivity contribution >= 4 is 11.8 Å². The Morgan fingerprint density at radius 2 is 1.67 bits per heavy atom. The molecule has 2 N–H and O–H groups in total. The van der Waals surface area contributed by atoms with Gasteiger partial charge in [0.1, 0.15) is 12.6 Å². The third kappa shape index (κ3) is 3.02. The highest BCUT2D eigenvalue weighted by atomic mass is 35.5. The van der Waals surface area contributed by atoms with Gasteiger partial charge in [0.2, 0.25) is 5.91 Å². The minimum atomic E-state index is -0.265. The van der Waals surface area contributed by atoms with E-state index in [-0.39, 0.29) is 29.6 Å². The molecular weight excluding hydrogens is 326 g/mol. The summed E-state index contributed by atoms with van der Waals surface area (Å²) in [5, 5.41) is 0. The second kappa shape index (κ2) is 6.36. The highest BCUT2D eigenvalue weighted by molar-refractivity contribution is 5.95. The van der Waals surface area contributed by atoms with Gasteiger partial charge in [0.25, 0.3) is 5.91 Å². The summed E-state index contributed by atoms with van der Waals surface area (Å²) >= 11 is 0. The van der Waals surface area contributed by atoms with E-state index in [1.807, 2.05) is 23.9 Å². The Balaban J connectivity index is 0.00000169. The van der Waals surface area contributed by atoms with E-state index in [0.717, 1.165) is 37.0 Å². The highest BCUT2D eigenvalue weighted by Gasteiger charge is 2.54. The van der Waals surface area contributed by atoms with Gasteiger partial charge in [-0.25, -0.2) is 4.57 Å². The molecule has 1 aromatic rings. The SMILES string of the molecule is C[n+]1cccc(C(=O)NNC(=O)C23CC4CC(CC(C4)C2)C3)c1.[Cl-]. The fraction of sp³-hybridized carbons (Fsp3) is 0.611. The van der Waals surface area contributed by atoms with Crippen LogP contribution in [0.15, 0.2) is 24.5 Å². The minimum absolute atomic E-state index is 0. The number of carbonyl (C=O) groups is 2. The number of halogens is 1. The first-order valence-corrected chi connectivity index (χ1v) is 8.60. The summed E-state index contributed by atoms with van der Waals surface area (Å²) in [6.07, 6.45) is 10.5. The van der Waals surface area contributed by atoms with Crippen LogP contribution < -0.4 is 27.8 Å². The number of carbonyl (C=O) groups excluding carboxylic acids is 2. The zero-order valence-corrected chi connectivity index (χ0v) is 14.7. The summed E-state index contributed by atoms with van der Waals surface area (Å²) in [6, 6.07) is 3.56. The van der Waals surface area contributed by atoms with Crippen molar-refractivity contribution in [1.29, 1.82) is 0 Å². The molecule has 0 spiro atoms. The van der Waals surface area contributed by atoms with E-state index in [0.29, 0.717) is 5.56 Å². The molecule has 4 fully saturated rings. The Kier molecular flexibility index (Phi) is 4.56. The third-order valence-electron chi connectivity index (χ3n) is 6.01. The maximum atomic E-state index is 12.8. The van der Waals surface area contributed by atoms with Gasteiger partial charge >= 0.3 is 0 Å². The number of pyridine rings is 1. The number of aryl methyl sites for hydroxylation is 1. The van der Waals surface area contributed by atoms with Gasteiger partial charge in [-0.3, -0.25) is 20.4 Å². The van der Waals surface area contributed by atoms with E-state index in [4.69, 9.17) is 0 Å². The maximum Gasteiger partial charge on any atom is 0.275 e. The standard InChI is InChI=1S/C18H23N3O2.ClH/c1-21-4-2-3-15(11-21)16(22)19-20-17(23)18-8-12-5-13(9-18)7-14(6-12)10-18;/h2-4,11-14H,5-10H2,1H3,(H-,19,20,22,23);1H. The second-order valence-corrected chi connectivity index (χ2v) is 7.86. The normalized spacial score (nSPS) is 32.8. The van der Waals surface area contributed by atoms with Gasteiger partial charge < -0.3 is 12.4 Å². The summed E-state index contributed by atoms with van der Waals surface area (Å²) in [7, 11) is 1.87. The minimum Gasteiger partial charge on any atom is -1.00 e. The van der Waals surface area contributed by atoms with E-state index >= 15 is 0 Å². The smallest absolute Gasteiger partial charge is 0.275 e. The van der Waals surface area contributed by atoms with Crippen molar-refractivity contribution in [2.24, 2.45) is 30.2 Å². The summed E-state index contributed by atoms with van der Waals surface area (Å²) in [4.78, 5) is 25.0. The Labute approximate surface area is 148 Å². The van der Waals surface area contributed by atoms with Crippen LogP contribution in [-0.4, -0.2) is 11.8 Å². The van der Waals surface area contributed by atoms with Gasteiger partial charge in [0.15, 0.2) is 12.4 Å². The number of hydrogen-bond donors (Lipinski definition) is 2. The number of aromatic nitrogens is 1. The van der Waals surface area contributed by atoms with Crippen LogP contribution in [0, 0.1) is 23.2 Å². The van der Waals surface area contributed by atoms with Crippen LogP contribution >= 0.6 is 0 Å². The predicted molar refractivity (Wildman–Crippen MR) is 83.8 cm³/mol. The molecule has 0 radical (unpaired) electrons. The van der Waals surface area contributed by atoms with E-state index in [2.05, 4.69) is 10.9 Å². The first-order chi connectivity index (χ1) is 11.0. The topological polar surface area (TPSA) is 62.1 Å². The molecular formula is C18H24ClN3O2. The zero-order chi connectivity index (χ0) is 16.0. The summed E-state index contributed by atoms with van der Waals surface area (Å²) in [6.45, 7) is 0. The van der Waals surface area contributed by atoms with E-state index in [1.54, 1.807) is 12.3 Å². The van der Waals surface area contributed by atoms with Crippen molar-refractivity contribution in [3.63, 3.8) is 0 Å². The Hall–Kier alpha value is -1.62. The number of hydrogen-bond acceptors (Lipinski definition) is 2. The van der Waals surface area contributed by atoms with Gasteiger partial charge in [0.05, 0.1) is 5.41 Å². The quantitative estimate of drug-likeness (QED) is 0.504. The van der Waals surface area contributed by atoms with E-state index < -0.39 is 0 Å². The molecule has 0 unspecified atom stereocenters. The van der Waals surface area contributed by atoms with Crippen LogP contribution in [-0.2, 0) is 11.8 Å². The Morgan fingerprint density at radius 1 is 1.08 bits per heavy atom. The third-order valence-corrected chi connectivity index (χ3v) is 6.01. The number of nitrogens with one attached hydrogen (secondary N) is 2. The van der Waals surface area contributed by atoms with Crippen LogP contribution in [0.3, 0.4) is 0 Å². The first kappa shape index (κ1) is 17.2. The van der Waals surface area contributed by atoms with Gasteiger partial charge in [-0.05, 0) is 62.3 Å². The molecule has 6 heteroatoms. The molecule has 5 rings (SSSR count). The largest absolute Gasteiger partial charge is 1.00 e. The van der Waals surface area contributed by atoms with Crippen LogP contribution in [0.5, 0.6) is 0 Å². The fourth-order valence-electron chi connectivity index (χ4n) is 5.43. The number of nitrogens with zero attached hydrogens (tertiary/aromatic N) is 1. The molecule has 4 aliphatic rings. The molecule has 5 nitrogen and oxygen atoms in total. The lowest BCUT2D eigenvalue weighted by Gasteiger charge is -2.55. The molecule has 2 amide bonds. The van der Waals surface area contributed by atoms with Crippen molar-refractivity contribution in [3.05, 3.63) is 30.1 Å². The van der Waals surface area contributed by atoms with Gasteiger partial charge in [-0.2, -0.15) is 0 Å². The summed E-state index contributed by atoms with van der Waals surface area (Å²) in [5.41, 5.74) is 5.62. The number of amides is 2. The Bertz CT molecular complexity index is 626. The second-order valence-electron chi connectivity index (χ2n) is 7.86. The molecule has 1 heterocycles. The zero-order valence-electron chi connectivity index (χ0n) is 13.9. The molecule has 4 saturated carbocycles. The van der Waals surface area contributed by atoms with Crippen LogP contribution in [0.2, 0.25) is 0 Å². The summed E-state index contributed by atoms with van der Waals surface area (Å²) < 4.78 is 1.82. The van der Waals surface area contributed by atoms with Crippen molar-refractivity contribution in [2.45, 2.75) is 38.5 Å². The molecule has 0 saturated heterocycles. The number of rotatable bonds is 2. The van der Waals surface area contributed by atoms with Crippen LogP contribution in [0.1, 0.15) is 48.9 Å². The molecule has 0 atom stereocenters. The molecule has 130 valence electrons. The van der Waals surface area contributed by atoms with E-state index in [1.165, 1.54) is 19.3 Å². The molecule has 0 aliphatic heterocycles. The lowest BCUT2D eigenvalue weighted by atomic mass is 9.49. The van der Waals surface area contributed by atoms with Crippen molar-refractivity contribution in [1.82, 2.24) is 10.9 Å². The first-order valence-electron chi connectivity index (χ1n) is 8.60.